The molecule has 1 atom stereocenters. The van der Waals surface area contributed by atoms with Gasteiger partial charge in [-0.05, 0) is 43.2 Å². The van der Waals surface area contributed by atoms with Crippen LogP contribution < -0.4 is 10.0 Å². The van der Waals surface area contributed by atoms with E-state index in [1.807, 2.05) is 24.3 Å². The van der Waals surface area contributed by atoms with Gasteiger partial charge in [-0.25, -0.2) is 13.1 Å². The smallest absolute Gasteiger partial charge is 0.306 e. The number of carbonyl (C=O) groups is 2. The summed E-state index contributed by atoms with van der Waals surface area (Å²) in [6.07, 6.45) is -0.579. The maximum atomic E-state index is 12.4. The monoisotopic (exact) mass is 392 g/mol. The average molecular weight is 392 g/mol. The van der Waals surface area contributed by atoms with Crippen molar-refractivity contribution in [2.45, 2.75) is 37.7 Å². The highest BCUT2D eigenvalue weighted by molar-refractivity contribution is 7.89. The summed E-state index contributed by atoms with van der Waals surface area (Å²) in [5.41, 5.74) is 0. The van der Waals surface area contributed by atoms with Crippen LogP contribution in [0, 0.1) is 0 Å². The first-order valence-electron chi connectivity index (χ1n) is 8.79. The van der Waals surface area contributed by atoms with E-state index < -0.39 is 22.1 Å². The van der Waals surface area contributed by atoms with Crippen LogP contribution in [0.5, 0.6) is 0 Å². The third-order valence-corrected chi connectivity index (χ3v) is 5.37. The first-order chi connectivity index (χ1) is 12.8. The lowest BCUT2D eigenvalue weighted by Gasteiger charge is -2.12. The average Bonchev–Trinajstić information content (AvgIpc) is 2.65. The summed E-state index contributed by atoms with van der Waals surface area (Å²) in [4.78, 5) is 23.4. The molecule has 0 unspecified atom stereocenters. The quantitative estimate of drug-likeness (QED) is 0.502. The van der Waals surface area contributed by atoms with Gasteiger partial charge in [0.05, 0.1) is 4.90 Å². The number of esters is 1. The molecule has 0 fully saturated rings. The van der Waals surface area contributed by atoms with Crippen molar-refractivity contribution in [1.82, 2.24) is 10.0 Å². The third-order valence-electron chi connectivity index (χ3n) is 3.91. The van der Waals surface area contributed by atoms with Crippen LogP contribution in [-0.4, -0.2) is 39.5 Å². The molecule has 0 saturated heterocycles. The summed E-state index contributed by atoms with van der Waals surface area (Å²) >= 11 is 0. The summed E-state index contributed by atoms with van der Waals surface area (Å²) < 4.78 is 32.2. The number of carbonyl (C=O) groups excluding carboxylic acids is 2. The van der Waals surface area contributed by atoms with E-state index in [1.54, 1.807) is 25.1 Å². The van der Waals surface area contributed by atoms with Crippen molar-refractivity contribution >= 4 is 32.7 Å². The summed E-state index contributed by atoms with van der Waals surface area (Å²) in [6.45, 7) is 3.82. The molecule has 0 heterocycles. The van der Waals surface area contributed by atoms with Gasteiger partial charge in [0.15, 0.2) is 6.10 Å². The normalized spacial score (nSPS) is 12.5. The molecule has 8 heteroatoms. The van der Waals surface area contributed by atoms with Crippen molar-refractivity contribution in [2.75, 3.05) is 13.1 Å². The second-order valence-corrected chi connectivity index (χ2v) is 7.80. The molecule has 2 N–H and O–H groups in total. The van der Waals surface area contributed by atoms with Gasteiger partial charge in [-0.1, -0.05) is 30.3 Å². The third kappa shape index (κ3) is 6.04. The molecule has 146 valence electrons. The van der Waals surface area contributed by atoms with E-state index in [0.29, 0.717) is 6.54 Å². The Labute approximate surface area is 159 Å². The lowest BCUT2D eigenvalue weighted by molar-refractivity contribution is -0.154. The second-order valence-electron chi connectivity index (χ2n) is 6.04. The van der Waals surface area contributed by atoms with Crippen LogP contribution in [0.4, 0.5) is 0 Å². The van der Waals surface area contributed by atoms with E-state index in [-0.39, 0.29) is 30.2 Å². The molecule has 0 aliphatic heterocycles. The molecule has 0 bridgehead atoms. The highest BCUT2D eigenvalue weighted by Crippen LogP contribution is 2.18. The SMILES string of the molecule is CCNC(=O)[C@H](C)OC(=O)CCCNS(=O)(=O)c1ccc2ccccc2c1. The Balaban J connectivity index is 1.83. The number of rotatable bonds is 9. The van der Waals surface area contributed by atoms with Crippen molar-refractivity contribution in [1.29, 1.82) is 0 Å². The van der Waals surface area contributed by atoms with Crippen molar-refractivity contribution in [3.05, 3.63) is 42.5 Å². The zero-order valence-electron chi connectivity index (χ0n) is 15.4. The van der Waals surface area contributed by atoms with Crippen LogP contribution in [-0.2, 0) is 24.3 Å². The molecule has 2 aromatic carbocycles. The van der Waals surface area contributed by atoms with E-state index in [9.17, 15) is 18.0 Å². The molecule has 0 aliphatic rings. The van der Waals surface area contributed by atoms with Crippen molar-refractivity contribution in [2.24, 2.45) is 0 Å². The van der Waals surface area contributed by atoms with Gasteiger partial charge in [0, 0.05) is 19.5 Å². The molecule has 27 heavy (non-hydrogen) atoms. The van der Waals surface area contributed by atoms with Crippen molar-refractivity contribution in [3.8, 4) is 0 Å². The fourth-order valence-corrected chi connectivity index (χ4v) is 3.59. The molecule has 0 saturated carbocycles. The van der Waals surface area contributed by atoms with Crippen LogP contribution in [0.15, 0.2) is 47.4 Å². The highest BCUT2D eigenvalue weighted by atomic mass is 32.2. The number of ether oxygens (including phenoxy) is 1. The fourth-order valence-electron chi connectivity index (χ4n) is 2.48. The van der Waals surface area contributed by atoms with Gasteiger partial charge in [-0.15, -0.1) is 0 Å². The van der Waals surface area contributed by atoms with Gasteiger partial charge >= 0.3 is 5.97 Å². The molecular formula is C19H24N2O5S. The molecule has 2 aromatic rings. The van der Waals surface area contributed by atoms with E-state index in [1.165, 1.54) is 6.92 Å². The Morgan fingerprint density at radius 2 is 1.81 bits per heavy atom. The second kappa shape index (κ2) is 9.48. The maximum Gasteiger partial charge on any atom is 0.306 e. The van der Waals surface area contributed by atoms with Crippen molar-refractivity contribution < 1.29 is 22.7 Å². The fraction of sp³-hybridized carbons (Fsp3) is 0.368. The number of benzene rings is 2. The summed E-state index contributed by atoms with van der Waals surface area (Å²) in [7, 11) is -3.66. The van der Waals surface area contributed by atoms with Crippen LogP contribution in [0.25, 0.3) is 10.8 Å². The molecular weight excluding hydrogens is 368 g/mol. The standard InChI is InChI=1S/C19H24N2O5S/c1-3-20-19(23)14(2)26-18(22)9-6-12-21-27(24,25)17-11-10-15-7-4-5-8-16(15)13-17/h4-5,7-8,10-11,13-14,21H,3,6,9,12H2,1-2H3,(H,20,23)/t14-/m0/s1. The summed E-state index contributed by atoms with van der Waals surface area (Å²) in [5.74, 6) is -0.901. The zero-order valence-corrected chi connectivity index (χ0v) is 16.2. The number of fused-ring (bicyclic) bond motifs is 1. The number of hydrogen-bond acceptors (Lipinski definition) is 5. The minimum atomic E-state index is -3.66. The van der Waals surface area contributed by atoms with E-state index in [4.69, 9.17) is 4.74 Å². The van der Waals surface area contributed by atoms with Gasteiger partial charge in [-0.3, -0.25) is 9.59 Å². The van der Waals surface area contributed by atoms with E-state index in [0.717, 1.165) is 10.8 Å². The van der Waals surface area contributed by atoms with Gasteiger partial charge in [0.1, 0.15) is 0 Å². The van der Waals surface area contributed by atoms with Gasteiger partial charge in [-0.2, -0.15) is 0 Å². The topological polar surface area (TPSA) is 102 Å². The van der Waals surface area contributed by atoms with Crippen molar-refractivity contribution in [3.63, 3.8) is 0 Å². The number of sulfonamides is 1. The number of hydrogen-bond donors (Lipinski definition) is 2. The summed E-state index contributed by atoms with van der Waals surface area (Å²) in [5, 5.41) is 4.36. The molecule has 0 aliphatic carbocycles. The van der Waals surface area contributed by atoms with Crippen LogP contribution in [0.2, 0.25) is 0 Å². The molecule has 0 spiro atoms. The first-order valence-corrected chi connectivity index (χ1v) is 10.3. The van der Waals surface area contributed by atoms with Gasteiger partial charge in [0.2, 0.25) is 10.0 Å². The first kappa shape index (κ1) is 20.9. The predicted molar refractivity (Wildman–Crippen MR) is 103 cm³/mol. The minimum Gasteiger partial charge on any atom is -0.453 e. The Kier molecular flexibility index (Phi) is 7.32. The van der Waals surface area contributed by atoms with E-state index in [2.05, 4.69) is 10.0 Å². The van der Waals surface area contributed by atoms with Crippen LogP contribution >= 0.6 is 0 Å². The maximum absolute atomic E-state index is 12.4. The van der Waals surface area contributed by atoms with Gasteiger partial charge in [0.25, 0.3) is 5.91 Å². The molecule has 1 amide bonds. The Morgan fingerprint density at radius 3 is 2.52 bits per heavy atom. The number of nitrogens with one attached hydrogen (secondary N) is 2. The van der Waals surface area contributed by atoms with Crippen LogP contribution in [0.3, 0.4) is 0 Å². The highest BCUT2D eigenvalue weighted by Gasteiger charge is 2.17. The Hall–Kier alpha value is -2.45. The van der Waals surface area contributed by atoms with E-state index >= 15 is 0 Å². The number of amides is 1. The van der Waals surface area contributed by atoms with Gasteiger partial charge < -0.3 is 10.1 Å². The summed E-state index contributed by atoms with van der Waals surface area (Å²) in [6, 6.07) is 12.4. The molecule has 7 nitrogen and oxygen atoms in total. The lowest BCUT2D eigenvalue weighted by atomic mass is 10.1. The zero-order chi connectivity index (χ0) is 19.9. The Bertz CT molecular complexity index is 911. The molecule has 0 radical (unpaired) electrons. The predicted octanol–water partition coefficient (Wildman–Crippen LogP) is 1.97. The van der Waals surface area contributed by atoms with Crippen LogP contribution in [0.1, 0.15) is 26.7 Å². The minimum absolute atomic E-state index is 0.0178. The Morgan fingerprint density at radius 1 is 1.11 bits per heavy atom. The molecule has 2 rings (SSSR count). The number of likely N-dealkylation sites (N-methyl/N-ethyl adjacent to an activating group) is 1. The molecule has 0 aromatic heterocycles. The largest absolute Gasteiger partial charge is 0.453 e. The lowest BCUT2D eigenvalue weighted by Crippen LogP contribution is -2.35.